The lowest BCUT2D eigenvalue weighted by atomic mass is 10.1. The van der Waals surface area contributed by atoms with Gasteiger partial charge in [-0.3, -0.25) is 20.2 Å². The van der Waals surface area contributed by atoms with Crippen LogP contribution in [-0.4, -0.2) is 32.9 Å². The van der Waals surface area contributed by atoms with E-state index in [2.05, 4.69) is 4.98 Å². The van der Waals surface area contributed by atoms with E-state index in [-0.39, 0.29) is 11.2 Å². The zero-order chi connectivity index (χ0) is 18.4. The number of nitro benzene ring substituents is 2. The Morgan fingerprint density at radius 3 is 2.20 bits per heavy atom. The van der Waals surface area contributed by atoms with Gasteiger partial charge in [0, 0.05) is 13.1 Å². The Bertz CT molecular complexity index is 857. The lowest BCUT2D eigenvalue weighted by Crippen LogP contribution is -2.30. The number of rotatable bonds is 3. The molecular weight excluding hydrogens is 347 g/mol. The van der Waals surface area contributed by atoms with Gasteiger partial charge in [0.05, 0.1) is 15.9 Å². The Kier molecular flexibility index (Phi) is 3.97. The maximum Gasteiger partial charge on any atom is 0.449 e. The highest BCUT2D eigenvalue weighted by atomic mass is 19.4. The summed E-state index contributed by atoms with van der Waals surface area (Å²) in [6.07, 6.45) is -2.52. The van der Waals surface area contributed by atoms with Gasteiger partial charge >= 0.3 is 17.6 Å². The summed E-state index contributed by atoms with van der Waals surface area (Å²) in [5.41, 5.74) is -2.42. The van der Waals surface area contributed by atoms with Crippen molar-refractivity contribution in [3.63, 3.8) is 0 Å². The van der Waals surface area contributed by atoms with Crippen molar-refractivity contribution in [1.29, 1.82) is 0 Å². The Morgan fingerprint density at radius 2 is 1.68 bits per heavy atom. The Balaban J connectivity index is 2.35. The third-order valence-corrected chi connectivity index (χ3v) is 4.03. The molecule has 0 amide bonds. The number of imidazole rings is 1. The highest BCUT2D eigenvalue weighted by Crippen LogP contribution is 2.42. The van der Waals surface area contributed by atoms with Crippen LogP contribution in [0.1, 0.15) is 25.1 Å². The highest BCUT2D eigenvalue weighted by Gasteiger charge is 2.39. The van der Waals surface area contributed by atoms with Crippen LogP contribution in [0.3, 0.4) is 0 Å². The van der Waals surface area contributed by atoms with E-state index in [1.54, 1.807) is 4.90 Å². The van der Waals surface area contributed by atoms with Crippen LogP contribution in [0.15, 0.2) is 6.07 Å². The van der Waals surface area contributed by atoms with Crippen LogP contribution in [0, 0.1) is 20.2 Å². The molecule has 134 valence electrons. The molecule has 0 unspecified atom stereocenters. The summed E-state index contributed by atoms with van der Waals surface area (Å²) >= 11 is 0. The minimum absolute atomic E-state index is 0.0895. The molecule has 1 saturated heterocycles. The number of hydrogen-bond donors (Lipinski definition) is 1. The van der Waals surface area contributed by atoms with Crippen molar-refractivity contribution in [2.75, 3.05) is 18.0 Å². The maximum atomic E-state index is 13.0. The summed E-state index contributed by atoms with van der Waals surface area (Å²) in [6, 6.07) is 0.674. The molecule has 0 aliphatic carbocycles. The minimum Gasteiger partial charge on any atom is -0.364 e. The fourth-order valence-corrected chi connectivity index (χ4v) is 2.97. The Morgan fingerprint density at radius 1 is 1.08 bits per heavy atom. The topological polar surface area (TPSA) is 118 Å². The van der Waals surface area contributed by atoms with Crippen LogP contribution in [0.25, 0.3) is 11.0 Å². The second-order valence-electron chi connectivity index (χ2n) is 5.63. The number of anilines is 1. The van der Waals surface area contributed by atoms with Gasteiger partial charge in [-0.05, 0) is 19.3 Å². The molecule has 3 rings (SSSR count). The fraction of sp³-hybridized carbons (Fsp3) is 0.462. The number of aromatic nitrogens is 2. The van der Waals surface area contributed by atoms with Gasteiger partial charge in [-0.15, -0.1) is 0 Å². The maximum absolute atomic E-state index is 13.0. The summed E-state index contributed by atoms with van der Waals surface area (Å²) < 4.78 is 38.9. The summed E-state index contributed by atoms with van der Waals surface area (Å²) in [5.74, 6) is -1.43. The second kappa shape index (κ2) is 5.86. The SMILES string of the molecule is O=[N+]([O-])c1cc([N+](=O)[O-])c2nc(C(F)(F)F)[nH]c2c1N1CCCCC1. The molecule has 25 heavy (non-hydrogen) atoms. The zero-order valence-electron chi connectivity index (χ0n) is 12.7. The predicted octanol–water partition coefficient (Wildman–Crippen LogP) is 3.39. The standard InChI is InChI=1S/C13H12F3N5O4/c14-13(15,16)12-17-9-7(20(22)23)6-8(21(24)25)11(10(9)18-12)19-4-2-1-3-5-19/h6H,1-5H2,(H,17,18). The average molecular weight is 359 g/mol. The lowest BCUT2D eigenvalue weighted by Gasteiger charge is -2.28. The van der Waals surface area contributed by atoms with Gasteiger partial charge < -0.3 is 9.88 Å². The van der Waals surface area contributed by atoms with E-state index in [0.29, 0.717) is 19.2 Å². The molecule has 1 aliphatic heterocycles. The first kappa shape index (κ1) is 16.9. The first-order chi connectivity index (χ1) is 11.7. The van der Waals surface area contributed by atoms with Crippen molar-refractivity contribution in [2.24, 2.45) is 0 Å². The normalized spacial score (nSPS) is 15.6. The molecule has 9 nitrogen and oxygen atoms in total. The number of nitro groups is 2. The van der Waals surface area contributed by atoms with Crippen molar-refractivity contribution in [3.8, 4) is 0 Å². The molecule has 0 bridgehead atoms. The highest BCUT2D eigenvalue weighted by molar-refractivity contribution is 6.00. The number of hydrogen-bond acceptors (Lipinski definition) is 6. The van der Waals surface area contributed by atoms with Crippen LogP contribution in [-0.2, 0) is 6.18 Å². The molecule has 1 aliphatic rings. The summed E-state index contributed by atoms with van der Waals surface area (Å²) in [7, 11) is 0. The molecule has 0 saturated carbocycles. The van der Waals surface area contributed by atoms with Crippen LogP contribution in [0.5, 0.6) is 0 Å². The van der Waals surface area contributed by atoms with Gasteiger partial charge in [0.1, 0.15) is 11.2 Å². The number of fused-ring (bicyclic) bond motifs is 1. The predicted molar refractivity (Wildman–Crippen MR) is 80.5 cm³/mol. The van der Waals surface area contributed by atoms with Crippen LogP contribution >= 0.6 is 0 Å². The van der Waals surface area contributed by atoms with Crippen molar-refractivity contribution in [2.45, 2.75) is 25.4 Å². The van der Waals surface area contributed by atoms with Gasteiger partial charge in [-0.2, -0.15) is 13.2 Å². The van der Waals surface area contributed by atoms with Gasteiger partial charge in [-0.1, -0.05) is 0 Å². The van der Waals surface area contributed by atoms with Gasteiger partial charge in [0.2, 0.25) is 5.82 Å². The lowest BCUT2D eigenvalue weighted by molar-refractivity contribution is -0.392. The summed E-state index contributed by atoms with van der Waals surface area (Å²) in [4.78, 5) is 27.6. The number of non-ortho nitro benzene ring substituents is 1. The van der Waals surface area contributed by atoms with E-state index in [4.69, 9.17) is 0 Å². The first-order valence-corrected chi connectivity index (χ1v) is 7.38. The summed E-state index contributed by atoms with van der Waals surface area (Å²) in [5, 5.41) is 22.6. The molecular formula is C13H12F3N5O4. The average Bonchev–Trinajstić information content (AvgIpc) is 2.98. The molecule has 0 radical (unpaired) electrons. The number of aromatic amines is 1. The van der Waals surface area contributed by atoms with Crippen molar-refractivity contribution >= 4 is 28.1 Å². The largest absolute Gasteiger partial charge is 0.449 e. The van der Waals surface area contributed by atoms with Crippen molar-refractivity contribution in [3.05, 3.63) is 32.1 Å². The number of piperidine rings is 1. The van der Waals surface area contributed by atoms with Crippen LogP contribution < -0.4 is 4.90 Å². The van der Waals surface area contributed by atoms with Crippen LogP contribution in [0.2, 0.25) is 0 Å². The van der Waals surface area contributed by atoms with Crippen molar-refractivity contribution in [1.82, 2.24) is 9.97 Å². The molecule has 1 N–H and O–H groups in total. The van der Waals surface area contributed by atoms with Gasteiger partial charge in [0.25, 0.3) is 0 Å². The molecule has 1 aromatic heterocycles. The third kappa shape index (κ3) is 2.94. The van der Waals surface area contributed by atoms with Gasteiger partial charge in [-0.25, -0.2) is 4.98 Å². The number of H-pyrrole nitrogens is 1. The molecule has 1 fully saturated rings. The monoisotopic (exact) mass is 359 g/mol. The van der Waals surface area contributed by atoms with Crippen molar-refractivity contribution < 1.29 is 23.0 Å². The van der Waals surface area contributed by atoms with E-state index >= 15 is 0 Å². The van der Waals surface area contributed by atoms with E-state index in [1.807, 2.05) is 4.98 Å². The quantitative estimate of drug-likeness (QED) is 0.663. The summed E-state index contributed by atoms with van der Waals surface area (Å²) in [6.45, 7) is 0.822. The molecule has 2 heterocycles. The molecule has 0 spiro atoms. The minimum atomic E-state index is -4.86. The number of halogens is 3. The number of nitrogens with one attached hydrogen (secondary N) is 1. The molecule has 2 aromatic rings. The third-order valence-electron chi connectivity index (χ3n) is 4.03. The molecule has 12 heteroatoms. The Labute approximate surface area is 137 Å². The number of alkyl halides is 3. The Hall–Kier alpha value is -2.92. The van der Waals surface area contributed by atoms with Crippen LogP contribution in [0.4, 0.5) is 30.2 Å². The van der Waals surface area contributed by atoms with E-state index in [1.165, 1.54) is 0 Å². The van der Waals surface area contributed by atoms with E-state index in [9.17, 15) is 33.4 Å². The smallest absolute Gasteiger partial charge is 0.364 e. The number of nitrogens with zero attached hydrogens (tertiary/aromatic N) is 4. The number of benzene rings is 1. The zero-order valence-corrected chi connectivity index (χ0v) is 12.7. The molecule has 1 aromatic carbocycles. The van der Waals surface area contributed by atoms with E-state index < -0.39 is 38.7 Å². The van der Waals surface area contributed by atoms with Gasteiger partial charge in [0.15, 0.2) is 5.52 Å². The van der Waals surface area contributed by atoms with E-state index in [0.717, 1.165) is 19.3 Å². The molecule has 0 atom stereocenters. The first-order valence-electron chi connectivity index (χ1n) is 7.38. The second-order valence-corrected chi connectivity index (χ2v) is 5.63. The fourth-order valence-electron chi connectivity index (χ4n) is 2.97.